The van der Waals surface area contributed by atoms with Gasteiger partial charge in [-0.1, -0.05) is 78.4 Å². The first-order chi connectivity index (χ1) is 22.6. The van der Waals surface area contributed by atoms with E-state index in [1.165, 1.54) is 24.3 Å². The maximum atomic E-state index is 13.9. The van der Waals surface area contributed by atoms with Crippen LogP contribution in [0.3, 0.4) is 0 Å². The van der Waals surface area contributed by atoms with Crippen LogP contribution in [0.5, 0.6) is 5.75 Å². The molecule has 2 atom stereocenters. The third-order valence-electron chi connectivity index (χ3n) is 7.90. The van der Waals surface area contributed by atoms with Crippen LogP contribution in [-0.4, -0.2) is 67.8 Å². The molecular formula is C36H37N3O7S. The van der Waals surface area contributed by atoms with Crippen molar-refractivity contribution in [2.75, 3.05) is 19.6 Å². The third kappa shape index (κ3) is 8.76. The molecule has 1 aliphatic heterocycles. The van der Waals surface area contributed by atoms with Gasteiger partial charge in [-0.2, -0.15) is 8.42 Å². The summed E-state index contributed by atoms with van der Waals surface area (Å²) < 4.78 is 36.2. The first-order valence-electron chi connectivity index (χ1n) is 15.3. The monoisotopic (exact) mass is 655 g/mol. The molecule has 4 aromatic carbocycles. The molecule has 0 saturated carbocycles. The van der Waals surface area contributed by atoms with Gasteiger partial charge in [0.15, 0.2) is 0 Å². The lowest BCUT2D eigenvalue weighted by molar-refractivity contribution is -0.135. The van der Waals surface area contributed by atoms with Crippen LogP contribution in [0.4, 0.5) is 4.79 Å². The minimum absolute atomic E-state index is 0.0341. The number of alkyl carbamates (subject to hydrolysis) is 1. The molecule has 0 spiro atoms. The number of carbonyl (C=O) groups is 3. The molecule has 1 heterocycles. The summed E-state index contributed by atoms with van der Waals surface area (Å²) in [6.07, 6.45) is -0.635. The van der Waals surface area contributed by atoms with Gasteiger partial charge < -0.3 is 24.0 Å². The Hall–Kier alpha value is -5.16. The van der Waals surface area contributed by atoms with Crippen LogP contribution in [0.2, 0.25) is 0 Å². The fraction of sp³-hybridized carbons (Fsp3) is 0.250. The second-order valence-electron chi connectivity index (χ2n) is 11.5. The Morgan fingerprint density at radius 2 is 1.47 bits per heavy atom. The van der Waals surface area contributed by atoms with Crippen molar-refractivity contribution >= 4 is 28.0 Å². The van der Waals surface area contributed by atoms with Gasteiger partial charge in [-0.25, -0.2) is 4.79 Å². The van der Waals surface area contributed by atoms with Gasteiger partial charge in [0, 0.05) is 37.7 Å². The Balaban J connectivity index is 1.27. The molecule has 244 valence electrons. The first-order valence-corrected chi connectivity index (χ1v) is 16.7. The van der Waals surface area contributed by atoms with Gasteiger partial charge >= 0.3 is 16.2 Å². The van der Waals surface area contributed by atoms with Crippen LogP contribution in [0, 0.1) is 6.92 Å². The minimum atomic E-state index is -4.04. The van der Waals surface area contributed by atoms with Gasteiger partial charge in [0.25, 0.3) is 5.91 Å². The number of amides is 3. The average Bonchev–Trinajstić information content (AvgIpc) is 3.08. The fourth-order valence-electron chi connectivity index (χ4n) is 5.33. The Kier molecular flexibility index (Phi) is 10.6. The summed E-state index contributed by atoms with van der Waals surface area (Å²) in [6.45, 7) is 4.71. The summed E-state index contributed by atoms with van der Waals surface area (Å²) in [6, 6.07) is 29.6. The van der Waals surface area contributed by atoms with Crippen LogP contribution in [0.15, 0.2) is 114 Å². The highest BCUT2D eigenvalue weighted by molar-refractivity contribution is 7.87. The van der Waals surface area contributed by atoms with Gasteiger partial charge in [-0.05, 0) is 61.4 Å². The maximum absolute atomic E-state index is 13.9. The summed E-state index contributed by atoms with van der Waals surface area (Å²) >= 11 is 0. The van der Waals surface area contributed by atoms with E-state index in [0.29, 0.717) is 24.2 Å². The number of piperazine rings is 1. The molecule has 11 heteroatoms. The zero-order chi connectivity index (χ0) is 33.4. The van der Waals surface area contributed by atoms with Crippen LogP contribution in [-0.2, 0) is 32.7 Å². The molecule has 1 saturated heterocycles. The Bertz CT molecular complexity index is 1780. The van der Waals surface area contributed by atoms with E-state index in [1.54, 1.807) is 46.2 Å². The third-order valence-corrected chi connectivity index (χ3v) is 9.16. The number of hydrogen-bond donors (Lipinski definition) is 1. The van der Waals surface area contributed by atoms with Crippen molar-refractivity contribution in [2.24, 2.45) is 0 Å². The van der Waals surface area contributed by atoms with Crippen LogP contribution in [0.25, 0.3) is 0 Å². The molecule has 1 aliphatic rings. The van der Waals surface area contributed by atoms with Crippen molar-refractivity contribution in [1.82, 2.24) is 15.1 Å². The molecule has 1 N–H and O–H groups in total. The van der Waals surface area contributed by atoms with E-state index >= 15 is 0 Å². The van der Waals surface area contributed by atoms with E-state index in [1.807, 2.05) is 62.4 Å². The smallest absolute Gasteiger partial charge is 0.408 e. The van der Waals surface area contributed by atoms with E-state index in [0.717, 1.165) is 11.1 Å². The van der Waals surface area contributed by atoms with E-state index < -0.39 is 22.3 Å². The van der Waals surface area contributed by atoms with Gasteiger partial charge in [0.1, 0.15) is 23.3 Å². The van der Waals surface area contributed by atoms with Crippen molar-refractivity contribution in [3.05, 3.63) is 131 Å². The number of carbonyl (C=O) groups excluding carboxylic acids is 3. The second kappa shape index (κ2) is 15.0. The summed E-state index contributed by atoms with van der Waals surface area (Å²) in [5.41, 5.74) is 2.97. The summed E-state index contributed by atoms with van der Waals surface area (Å²) in [7, 11) is -4.04. The molecule has 3 amide bonds. The molecule has 0 radical (unpaired) electrons. The Morgan fingerprint density at radius 3 is 2.11 bits per heavy atom. The van der Waals surface area contributed by atoms with Crippen molar-refractivity contribution in [3.8, 4) is 5.75 Å². The largest absolute Gasteiger partial charge is 0.445 e. The van der Waals surface area contributed by atoms with Crippen LogP contribution < -0.4 is 9.50 Å². The topological polar surface area (TPSA) is 122 Å². The van der Waals surface area contributed by atoms with E-state index in [2.05, 4.69) is 5.32 Å². The highest BCUT2D eigenvalue weighted by atomic mass is 32.2. The Labute approximate surface area is 275 Å². The van der Waals surface area contributed by atoms with Gasteiger partial charge in [-0.3, -0.25) is 9.59 Å². The van der Waals surface area contributed by atoms with Crippen molar-refractivity contribution in [1.29, 1.82) is 0 Å². The molecule has 1 fully saturated rings. The van der Waals surface area contributed by atoms with Crippen molar-refractivity contribution in [3.63, 3.8) is 0 Å². The quantitative estimate of drug-likeness (QED) is 0.239. The average molecular weight is 656 g/mol. The number of benzene rings is 4. The number of hydrogen-bond acceptors (Lipinski definition) is 7. The lowest BCUT2D eigenvalue weighted by atomic mass is 10.0. The van der Waals surface area contributed by atoms with E-state index in [9.17, 15) is 22.8 Å². The summed E-state index contributed by atoms with van der Waals surface area (Å²) in [4.78, 5) is 43.3. The standard InChI is InChI=1S/C36H37N3O7S/c1-26-13-19-32(20-14-26)47(43,44)46-31-17-15-28(16-18-31)23-33(37-36(42)45-25-29-9-5-3-6-10-29)35(41)38-21-22-39(27(2)24-38)34(40)30-11-7-4-8-12-30/h3-20,27,33H,21-25H2,1-2H3,(H,37,42)/t27-,33+/m1/s1. The number of aryl methyl sites for hydroxylation is 1. The SMILES string of the molecule is Cc1ccc(S(=O)(=O)Oc2ccc(C[C@H](NC(=O)OCc3ccccc3)C(=O)N3CCN(C(=O)c4ccccc4)[C@H](C)C3)cc2)cc1. The molecule has 0 bridgehead atoms. The van der Waals surface area contributed by atoms with Gasteiger partial charge in [0.2, 0.25) is 5.91 Å². The molecule has 10 nitrogen and oxygen atoms in total. The molecule has 47 heavy (non-hydrogen) atoms. The number of nitrogens with one attached hydrogen (secondary N) is 1. The lowest BCUT2D eigenvalue weighted by Crippen LogP contribution is -2.59. The molecule has 4 aromatic rings. The van der Waals surface area contributed by atoms with E-state index in [-0.39, 0.29) is 48.1 Å². The number of ether oxygens (including phenoxy) is 1. The Morgan fingerprint density at radius 1 is 0.830 bits per heavy atom. The lowest BCUT2D eigenvalue weighted by Gasteiger charge is -2.41. The maximum Gasteiger partial charge on any atom is 0.408 e. The van der Waals surface area contributed by atoms with Crippen molar-refractivity contribution in [2.45, 2.75) is 43.9 Å². The van der Waals surface area contributed by atoms with Crippen LogP contribution in [0.1, 0.15) is 34.0 Å². The number of rotatable bonds is 10. The number of nitrogens with zero attached hydrogens (tertiary/aromatic N) is 2. The van der Waals surface area contributed by atoms with Gasteiger partial charge in [0.05, 0.1) is 0 Å². The minimum Gasteiger partial charge on any atom is -0.445 e. The zero-order valence-corrected chi connectivity index (χ0v) is 27.1. The molecule has 0 aromatic heterocycles. The molecular weight excluding hydrogens is 618 g/mol. The van der Waals surface area contributed by atoms with Crippen LogP contribution >= 0.6 is 0 Å². The molecule has 0 unspecified atom stereocenters. The highest BCUT2D eigenvalue weighted by Gasteiger charge is 2.34. The highest BCUT2D eigenvalue weighted by Crippen LogP contribution is 2.21. The van der Waals surface area contributed by atoms with E-state index in [4.69, 9.17) is 8.92 Å². The first kappa shape index (κ1) is 33.2. The van der Waals surface area contributed by atoms with Crippen molar-refractivity contribution < 1.29 is 31.7 Å². The zero-order valence-electron chi connectivity index (χ0n) is 26.2. The summed E-state index contributed by atoms with van der Waals surface area (Å²) in [5.74, 6) is -0.306. The second-order valence-corrected chi connectivity index (χ2v) is 13.0. The summed E-state index contributed by atoms with van der Waals surface area (Å²) in [5, 5.41) is 2.73. The molecule has 5 rings (SSSR count). The normalized spacial score (nSPS) is 15.4. The fourth-order valence-corrected chi connectivity index (χ4v) is 6.26. The van der Waals surface area contributed by atoms with Gasteiger partial charge in [-0.15, -0.1) is 0 Å². The molecule has 0 aliphatic carbocycles. The predicted molar refractivity (Wildman–Crippen MR) is 176 cm³/mol. The predicted octanol–water partition coefficient (Wildman–Crippen LogP) is 4.97.